The maximum Gasteiger partial charge on any atom is 0.123 e. The summed E-state index contributed by atoms with van der Waals surface area (Å²) in [5, 5.41) is 10.3. The molecule has 1 nitrogen and oxygen atoms in total. The van der Waals surface area contributed by atoms with Gasteiger partial charge in [-0.05, 0) is 49.4 Å². The third-order valence-corrected chi connectivity index (χ3v) is 3.16. The normalized spacial score (nSPS) is 20.0. The highest BCUT2D eigenvalue weighted by Gasteiger charge is 2.33. The smallest absolute Gasteiger partial charge is 0.123 e. The van der Waals surface area contributed by atoms with Gasteiger partial charge < -0.3 is 5.11 Å². The first-order chi connectivity index (χ1) is 6.99. The quantitative estimate of drug-likeness (QED) is 0.809. The van der Waals surface area contributed by atoms with E-state index in [1.807, 2.05) is 6.92 Å². The zero-order chi connectivity index (χ0) is 11.1. The Hall–Kier alpha value is -0.890. The lowest BCUT2D eigenvalue weighted by Gasteiger charge is -2.25. The van der Waals surface area contributed by atoms with Gasteiger partial charge in [0, 0.05) is 0 Å². The van der Waals surface area contributed by atoms with Crippen molar-refractivity contribution in [3.8, 4) is 0 Å². The lowest BCUT2D eigenvalue weighted by molar-refractivity contribution is 0.0408. The molecule has 2 rings (SSSR count). The third kappa shape index (κ3) is 2.37. The van der Waals surface area contributed by atoms with Crippen LogP contribution in [0.2, 0.25) is 0 Å². The fourth-order valence-corrected chi connectivity index (χ4v) is 2.17. The standard InChI is InChI=1S/C13H17FO/c1-9-3-6-11(14)7-12(9)13(2,15)8-10-4-5-10/h3,6-7,10,15H,4-5,8H2,1-2H3. The van der Waals surface area contributed by atoms with Gasteiger partial charge in [-0.3, -0.25) is 0 Å². The van der Waals surface area contributed by atoms with E-state index in [2.05, 4.69) is 0 Å². The van der Waals surface area contributed by atoms with Crippen LogP contribution in [0.1, 0.15) is 37.3 Å². The first-order valence-corrected chi connectivity index (χ1v) is 5.48. The van der Waals surface area contributed by atoms with E-state index >= 15 is 0 Å². The van der Waals surface area contributed by atoms with E-state index in [0.717, 1.165) is 17.5 Å². The van der Waals surface area contributed by atoms with Crippen molar-refractivity contribution >= 4 is 0 Å². The molecule has 1 unspecified atom stereocenters. The van der Waals surface area contributed by atoms with Gasteiger partial charge in [0.15, 0.2) is 0 Å². The zero-order valence-corrected chi connectivity index (χ0v) is 9.26. The molecule has 15 heavy (non-hydrogen) atoms. The second-order valence-corrected chi connectivity index (χ2v) is 4.88. The van der Waals surface area contributed by atoms with E-state index in [1.54, 1.807) is 13.0 Å². The molecular formula is C13H17FO. The molecule has 0 heterocycles. The van der Waals surface area contributed by atoms with E-state index in [4.69, 9.17) is 0 Å². The molecule has 1 saturated carbocycles. The molecule has 82 valence electrons. The predicted octanol–water partition coefficient (Wildman–Crippen LogP) is 3.14. The van der Waals surface area contributed by atoms with Crippen molar-refractivity contribution in [3.05, 3.63) is 35.1 Å². The molecule has 1 aromatic carbocycles. The molecule has 2 heteroatoms. The van der Waals surface area contributed by atoms with Crippen LogP contribution in [-0.2, 0) is 5.60 Å². The van der Waals surface area contributed by atoms with Gasteiger partial charge in [0.05, 0.1) is 5.60 Å². The summed E-state index contributed by atoms with van der Waals surface area (Å²) in [6, 6.07) is 4.62. The van der Waals surface area contributed by atoms with Gasteiger partial charge in [0.2, 0.25) is 0 Å². The Kier molecular flexibility index (Phi) is 2.55. The van der Waals surface area contributed by atoms with Gasteiger partial charge in [-0.25, -0.2) is 4.39 Å². The molecule has 1 atom stereocenters. The van der Waals surface area contributed by atoms with Crippen LogP contribution in [0.25, 0.3) is 0 Å². The monoisotopic (exact) mass is 208 g/mol. The van der Waals surface area contributed by atoms with Crippen LogP contribution in [0.5, 0.6) is 0 Å². The maximum atomic E-state index is 13.1. The fraction of sp³-hybridized carbons (Fsp3) is 0.538. The van der Waals surface area contributed by atoms with Crippen molar-refractivity contribution < 1.29 is 9.50 Å². The highest BCUT2D eigenvalue weighted by atomic mass is 19.1. The summed E-state index contributed by atoms with van der Waals surface area (Å²) in [4.78, 5) is 0. The van der Waals surface area contributed by atoms with Crippen LogP contribution in [-0.4, -0.2) is 5.11 Å². The van der Waals surface area contributed by atoms with Gasteiger partial charge >= 0.3 is 0 Å². The van der Waals surface area contributed by atoms with Gasteiger partial charge in [0.25, 0.3) is 0 Å². The second kappa shape index (κ2) is 3.60. The van der Waals surface area contributed by atoms with Gasteiger partial charge in [-0.1, -0.05) is 18.9 Å². The van der Waals surface area contributed by atoms with Crippen LogP contribution in [0.3, 0.4) is 0 Å². The van der Waals surface area contributed by atoms with Crippen LogP contribution >= 0.6 is 0 Å². The van der Waals surface area contributed by atoms with Gasteiger partial charge in [-0.15, -0.1) is 0 Å². The van der Waals surface area contributed by atoms with Crippen molar-refractivity contribution in [2.45, 2.75) is 38.7 Å². The molecule has 1 N–H and O–H groups in total. The molecule has 0 amide bonds. The minimum Gasteiger partial charge on any atom is -0.385 e. The fourth-order valence-electron chi connectivity index (χ4n) is 2.17. The molecule has 0 saturated heterocycles. The number of aliphatic hydroxyl groups is 1. The van der Waals surface area contributed by atoms with E-state index in [1.165, 1.54) is 25.0 Å². The first-order valence-electron chi connectivity index (χ1n) is 5.48. The van der Waals surface area contributed by atoms with Crippen molar-refractivity contribution in [1.29, 1.82) is 0 Å². The van der Waals surface area contributed by atoms with E-state index < -0.39 is 5.60 Å². The minimum atomic E-state index is -0.882. The largest absolute Gasteiger partial charge is 0.385 e. The molecule has 0 aromatic heterocycles. The van der Waals surface area contributed by atoms with Crippen molar-refractivity contribution in [3.63, 3.8) is 0 Å². The Bertz CT molecular complexity index is 367. The van der Waals surface area contributed by atoms with Crippen molar-refractivity contribution in [2.75, 3.05) is 0 Å². The summed E-state index contributed by atoms with van der Waals surface area (Å²) >= 11 is 0. The lowest BCUT2D eigenvalue weighted by atomic mass is 9.87. The van der Waals surface area contributed by atoms with Crippen molar-refractivity contribution in [1.82, 2.24) is 0 Å². The molecule has 1 fully saturated rings. The van der Waals surface area contributed by atoms with Crippen LogP contribution < -0.4 is 0 Å². The Morgan fingerprint density at radius 1 is 1.47 bits per heavy atom. The molecule has 0 radical (unpaired) electrons. The summed E-state index contributed by atoms with van der Waals surface area (Å²) in [5.41, 5.74) is 0.810. The van der Waals surface area contributed by atoms with Crippen LogP contribution in [0.4, 0.5) is 4.39 Å². The SMILES string of the molecule is Cc1ccc(F)cc1C(C)(O)CC1CC1. The highest BCUT2D eigenvalue weighted by Crippen LogP contribution is 2.41. The molecule has 1 aromatic rings. The summed E-state index contributed by atoms with van der Waals surface area (Å²) in [7, 11) is 0. The summed E-state index contributed by atoms with van der Waals surface area (Å²) in [5.74, 6) is 0.356. The minimum absolute atomic E-state index is 0.272. The predicted molar refractivity (Wildman–Crippen MR) is 58.0 cm³/mol. The summed E-state index contributed by atoms with van der Waals surface area (Å²) < 4.78 is 13.1. The van der Waals surface area contributed by atoms with E-state index in [9.17, 15) is 9.50 Å². The third-order valence-electron chi connectivity index (χ3n) is 3.16. The molecule has 0 spiro atoms. The number of hydrogen-bond acceptors (Lipinski definition) is 1. The van der Waals surface area contributed by atoms with Gasteiger partial charge in [0.1, 0.15) is 5.82 Å². The highest BCUT2D eigenvalue weighted by molar-refractivity contribution is 5.31. The number of aryl methyl sites for hydroxylation is 1. The van der Waals surface area contributed by atoms with Crippen molar-refractivity contribution in [2.24, 2.45) is 5.92 Å². The van der Waals surface area contributed by atoms with E-state index in [0.29, 0.717) is 5.92 Å². The zero-order valence-electron chi connectivity index (χ0n) is 9.26. The molecule has 0 bridgehead atoms. The lowest BCUT2D eigenvalue weighted by Crippen LogP contribution is -2.23. The molecule has 1 aliphatic rings. The topological polar surface area (TPSA) is 20.2 Å². The Morgan fingerprint density at radius 2 is 2.13 bits per heavy atom. The average molecular weight is 208 g/mol. The van der Waals surface area contributed by atoms with Crippen LogP contribution in [0.15, 0.2) is 18.2 Å². The summed E-state index contributed by atoms with van der Waals surface area (Å²) in [6.07, 6.45) is 3.15. The summed E-state index contributed by atoms with van der Waals surface area (Å²) in [6.45, 7) is 3.70. The average Bonchev–Trinajstić information content (AvgIpc) is 2.92. The Labute approximate surface area is 89.9 Å². The van der Waals surface area contributed by atoms with E-state index in [-0.39, 0.29) is 5.82 Å². The number of benzene rings is 1. The second-order valence-electron chi connectivity index (χ2n) is 4.88. The maximum absolute atomic E-state index is 13.1. The molecule has 1 aliphatic carbocycles. The Morgan fingerprint density at radius 3 is 2.73 bits per heavy atom. The number of halogens is 1. The first kappa shape index (κ1) is 10.6. The van der Waals surface area contributed by atoms with Crippen LogP contribution in [0, 0.1) is 18.7 Å². The number of rotatable bonds is 3. The van der Waals surface area contributed by atoms with Gasteiger partial charge in [-0.2, -0.15) is 0 Å². The Balaban J connectivity index is 2.28. The number of hydrogen-bond donors (Lipinski definition) is 1. The molecule has 0 aliphatic heterocycles. The molecular weight excluding hydrogens is 191 g/mol.